The van der Waals surface area contributed by atoms with Crippen LogP contribution in [0.1, 0.15) is 25.0 Å². The van der Waals surface area contributed by atoms with Gasteiger partial charge in [-0.3, -0.25) is 0 Å². The van der Waals surface area contributed by atoms with Crippen LogP contribution in [0, 0.1) is 0 Å². The molecular formula is C59H41NO. The highest BCUT2D eigenvalue weighted by Crippen LogP contribution is 2.53. The smallest absolute Gasteiger partial charge is 0.136 e. The van der Waals surface area contributed by atoms with Crippen LogP contribution < -0.4 is 4.90 Å². The molecule has 0 saturated heterocycles. The third-order valence-corrected chi connectivity index (χ3v) is 13.1. The predicted molar refractivity (Wildman–Crippen MR) is 257 cm³/mol. The standard InChI is InChI=1S/C59H41NO/c1-59(2)53-24-12-10-21-47(53)48-34-32-43(37-54(48)59)60(42-30-27-39(28-31-42)38-15-4-3-5-16-38)55-25-14-23-51(52-35-40-17-6-7-18-44(40)45-19-8-9-20-46(45)52)58(55)41-29-33-50-49-22-11-13-26-56(49)61-57(50)36-41/h3-37H,1-2H3. The number of furan rings is 1. The lowest BCUT2D eigenvalue weighted by Crippen LogP contribution is -2.17. The van der Waals surface area contributed by atoms with Crippen molar-refractivity contribution in [2.45, 2.75) is 19.3 Å². The van der Waals surface area contributed by atoms with Gasteiger partial charge >= 0.3 is 0 Å². The molecule has 61 heavy (non-hydrogen) atoms. The average molecular weight is 780 g/mol. The molecule has 2 nitrogen and oxygen atoms in total. The van der Waals surface area contributed by atoms with Crippen molar-refractivity contribution in [2.75, 3.05) is 4.90 Å². The summed E-state index contributed by atoms with van der Waals surface area (Å²) >= 11 is 0. The lowest BCUT2D eigenvalue weighted by molar-refractivity contribution is 0.660. The van der Waals surface area contributed by atoms with Crippen molar-refractivity contribution < 1.29 is 4.42 Å². The topological polar surface area (TPSA) is 16.4 Å². The molecule has 0 radical (unpaired) electrons. The van der Waals surface area contributed by atoms with Crippen molar-refractivity contribution >= 4 is 60.5 Å². The number of anilines is 3. The van der Waals surface area contributed by atoms with Gasteiger partial charge in [-0.1, -0.05) is 172 Å². The molecule has 2 heteroatoms. The van der Waals surface area contributed by atoms with E-state index in [1.54, 1.807) is 0 Å². The molecule has 0 spiro atoms. The fraction of sp³-hybridized carbons (Fsp3) is 0.0508. The number of nitrogens with zero attached hydrogens (tertiary/aromatic N) is 1. The number of hydrogen-bond acceptors (Lipinski definition) is 2. The normalized spacial score (nSPS) is 12.9. The van der Waals surface area contributed by atoms with Gasteiger partial charge in [-0.2, -0.15) is 0 Å². The Labute approximate surface area is 355 Å². The summed E-state index contributed by atoms with van der Waals surface area (Å²) in [5.74, 6) is 0. The fourth-order valence-corrected chi connectivity index (χ4v) is 10.1. The molecule has 0 atom stereocenters. The summed E-state index contributed by atoms with van der Waals surface area (Å²) in [5.41, 5.74) is 17.2. The highest BCUT2D eigenvalue weighted by atomic mass is 16.3. The van der Waals surface area contributed by atoms with Gasteiger partial charge in [-0.25, -0.2) is 0 Å². The van der Waals surface area contributed by atoms with Crippen LogP contribution in [-0.2, 0) is 5.41 Å². The monoisotopic (exact) mass is 779 g/mol. The first-order chi connectivity index (χ1) is 30.0. The van der Waals surface area contributed by atoms with E-state index in [0.717, 1.165) is 55.7 Å². The molecule has 1 aromatic heterocycles. The molecule has 0 fully saturated rings. The van der Waals surface area contributed by atoms with Crippen LogP contribution in [-0.4, -0.2) is 0 Å². The van der Waals surface area contributed by atoms with Gasteiger partial charge in [-0.05, 0) is 126 Å². The molecule has 0 bridgehead atoms. The average Bonchev–Trinajstić information content (AvgIpc) is 3.80. The van der Waals surface area contributed by atoms with Gasteiger partial charge in [0.1, 0.15) is 11.2 Å². The summed E-state index contributed by atoms with van der Waals surface area (Å²) < 4.78 is 6.60. The first kappa shape index (κ1) is 35.3. The van der Waals surface area contributed by atoms with E-state index in [-0.39, 0.29) is 5.41 Å². The van der Waals surface area contributed by atoms with Crippen molar-refractivity contribution in [3.8, 4) is 44.5 Å². The molecule has 288 valence electrons. The third kappa shape index (κ3) is 5.56. The summed E-state index contributed by atoms with van der Waals surface area (Å²) in [6.07, 6.45) is 0. The highest BCUT2D eigenvalue weighted by Gasteiger charge is 2.36. The zero-order chi connectivity index (χ0) is 40.7. The summed E-state index contributed by atoms with van der Waals surface area (Å²) in [4.78, 5) is 2.47. The van der Waals surface area contributed by atoms with Gasteiger partial charge in [0.25, 0.3) is 0 Å². The Morgan fingerprint density at radius 2 is 0.984 bits per heavy atom. The second-order valence-electron chi connectivity index (χ2n) is 16.8. The van der Waals surface area contributed by atoms with Crippen LogP contribution in [0.5, 0.6) is 0 Å². The Balaban J connectivity index is 1.16. The summed E-state index contributed by atoms with van der Waals surface area (Å²) in [7, 11) is 0. The minimum atomic E-state index is -0.161. The minimum Gasteiger partial charge on any atom is -0.456 e. The Hall–Kier alpha value is -7.68. The van der Waals surface area contributed by atoms with E-state index in [1.165, 1.54) is 60.5 Å². The molecule has 1 aliphatic carbocycles. The van der Waals surface area contributed by atoms with Crippen molar-refractivity contribution in [3.63, 3.8) is 0 Å². The molecule has 11 aromatic rings. The molecule has 0 saturated carbocycles. The highest BCUT2D eigenvalue weighted by molar-refractivity contribution is 6.16. The van der Waals surface area contributed by atoms with Crippen LogP contribution in [0.3, 0.4) is 0 Å². The van der Waals surface area contributed by atoms with Crippen LogP contribution in [0.2, 0.25) is 0 Å². The van der Waals surface area contributed by atoms with Crippen molar-refractivity contribution in [1.82, 2.24) is 0 Å². The van der Waals surface area contributed by atoms with E-state index < -0.39 is 0 Å². The van der Waals surface area contributed by atoms with Crippen LogP contribution in [0.15, 0.2) is 217 Å². The first-order valence-electron chi connectivity index (χ1n) is 21.2. The number of para-hydroxylation sites is 1. The largest absolute Gasteiger partial charge is 0.456 e. The minimum absolute atomic E-state index is 0.161. The number of benzene rings is 10. The maximum atomic E-state index is 6.60. The number of hydrogen-bond donors (Lipinski definition) is 0. The third-order valence-electron chi connectivity index (χ3n) is 13.1. The SMILES string of the molecule is CC1(C)c2ccccc2-c2ccc(N(c3ccc(-c4ccccc4)cc3)c3cccc(-c4cc5ccccc5c5ccccc45)c3-c3ccc4c(c3)oc3ccccc34)cc21. The molecule has 0 N–H and O–H groups in total. The molecule has 0 aliphatic heterocycles. The lowest BCUT2D eigenvalue weighted by Gasteiger charge is -2.31. The van der Waals surface area contributed by atoms with Gasteiger partial charge in [0.15, 0.2) is 0 Å². The van der Waals surface area contributed by atoms with Gasteiger partial charge in [0.2, 0.25) is 0 Å². The first-order valence-corrected chi connectivity index (χ1v) is 21.2. The quantitative estimate of drug-likeness (QED) is 0.156. The van der Waals surface area contributed by atoms with Gasteiger partial charge in [0, 0.05) is 33.1 Å². The Kier molecular flexibility index (Phi) is 7.92. The van der Waals surface area contributed by atoms with Crippen molar-refractivity contribution in [1.29, 1.82) is 0 Å². The number of rotatable bonds is 6. The molecule has 0 unspecified atom stereocenters. The number of fused-ring (bicyclic) bond motifs is 9. The van der Waals surface area contributed by atoms with E-state index >= 15 is 0 Å². The van der Waals surface area contributed by atoms with E-state index in [9.17, 15) is 0 Å². The summed E-state index contributed by atoms with van der Waals surface area (Å²) in [5, 5.41) is 7.18. The lowest BCUT2D eigenvalue weighted by atomic mass is 9.82. The zero-order valence-electron chi connectivity index (χ0n) is 34.1. The van der Waals surface area contributed by atoms with E-state index in [4.69, 9.17) is 4.42 Å². The molecule has 1 aliphatic rings. The molecule has 12 rings (SSSR count). The fourth-order valence-electron chi connectivity index (χ4n) is 10.1. The van der Waals surface area contributed by atoms with Crippen molar-refractivity contribution in [2.24, 2.45) is 0 Å². The van der Waals surface area contributed by atoms with Gasteiger partial charge < -0.3 is 9.32 Å². The van der Waals surface area contributed by atoms with Crippen LogP contribution in [0.25, 0.3) is 88.0 Å². The van der Waals surface area contributed by atoms with E-state index in [1.807, 2.05) is 6.07 Å². The maximum absolute atomic E-state index is 6.60. The second-order valence-corrected chi connectivity index (χ2v) is 16.8. The Morgan fingerprint density at radius 1 is 0.361 bits per heavy atom. The van der Waals surface area contributed by atoms with Crippen molar-refractivity contribution in [3.05, 3.63) is 223 Å². The van der Waals surface area contributed by atoms with E-state index in [2.05, 4.69) is 225 Å². The Morgan fingerprint density at radius 3 is 1.84 bits per heavy atom. The molecule has 0 amide bonds. The molecule has 10 aromatic carbocycles. The molecule has 1 heterocycles. The Bertz CT molecular complexity index is 3500. The van der Waals surface area contributed by atoms with Gasteiger partial charge in [-0.15, -0.1) is 0 Å². The van der Waals surface area contributed by atoms with Crippen LogP contribution in [0.4, 0.5) is 17.1 Å². The maximum Gasteiger partial charge on any atom is 0.136 e. The predicted octanol–water partition coefficient (Wildman–Crippen LogP) is 16.7. The molecular weight excluding hydrogens is 739 g/mol. The summed E-state index contributed by atoms with van der Waals surface area (Å²) in [6.45, 7) is 4.72. The second kappa shape index (κ2) is 13.7. The van der Waals surface area contributed by atoms with Gasteiger partial charge in [0.05, 0.1) is 5.69 Å². The van der Waals surface area contributed by atoms with E-state index in [0.29, 0.717) is 0 Å². The zero-order valence-corrected chi connectivity index (χ0v) is 34.1. The van der Waals surface area contributed by atoms with Crippen LogP contribution >= 0.6 is 0 Å². The summed E-state index contributed by atoms with van der Waals surface area (Å²) in [6, 6.07) is 77.6.